The summed E-state index contributed by atoms with van der Waals surface area (Å²) in [6, 6.07) is 4.70. The topological polar surface area (TPSA) is 3.88 Å². The molecule has 2 rings (SSSR count). The fraction of sp³-hybridized carbons (Fsp3) is 0.364. The van der Waals surface area contributed by atoms with Gasteiger partial charge in [-0.05, 0) is 0 Å². The first-order chi connectivity index (χ1) is 6.09. The Balaban J connectivity index is 2.89. The molecule has 0 unspecified atom stereocenters. The molecule has 0 fully saturated rings. The first-order valence-electron chi connectivity index (χ1n) is 4.46. The molecule has 1 aromatic heterocycles. The molecule has 1 nitrogen and oxygen atoms in total. The third-order valence-electron chi connectivity index (χ3n) is 2.67. The van der Waals surface area contributed by atoms with E-state index in [1.54, 1.807) is 7.11 Å². The molecule has 0 aliphatic heterocycles. The van der Waals surface area contributed by atoms with Crippen LogP contribution in [-0.4, -0.2) is 20.4 Å². The van der Waals surface area contributed by atoms with Crippen LogP contribution in [-0.2, 0) is 7.05 Å². The molecule has 0 N–H and O–H groups in total. The second-order valence-electron chi connectivity index (χ2n) is 3.58. The summed E-state index contributed by atoms with van der Waals surface area (Å²) in [5, 5.41) is 0. The molecule has 0 bridgehead atoms. The van der Waals surface area contributed by atoms with Crippen molar-refractivity contribution in [3.05, 3.63) is 27.0 Å². The molecule has 2 heteroatoms. The van der Waals surface area contributed by atoms with Gasteiger partial charge < -0.3 is 0 Å². The van der Waals surface area contributed by atoms with E-state index in [0.717, 1.165) is 0 Å². The minimum atomic E-state index is -0.0466. The Kier molecular flexibility index (Phi) is 2.21. The summed E-state index contributed by atoms with van der Waals surface area (Å²) in [6.45, 7) is 6.65. The molecular weight excluding hydrogens is 274 g/mol. The Hall–Kier alpha value is -0.320. The van der Waals surface area contributed by atoms with Gasteiger partial charge in [0.1, 0.15) is 0 Å². The molecule has 0 radical (unpaired) electrons. The van der Waals surface area contributed by atoms with Crippen LogP contribution in [0.5, 0.6) is 0 Å². The van der Waals surface area contributed by atoms with E-state index in [9.17, 15) is 0 Å². The average Bonchev–Trinajstić information content (AvgIpc) is 2.32. The summed E-state index contributed by atoms with van der Waals surface area (Å²) in [7, 11) is 2.18. The maximum atomic E-state index is 2.37. The van der Waals surface area contributed by atoms with E-state index in [1.807, 2.05) is 0 Å². The second kappa shape index (κ2) is 3.11. The van der Waals surface area contributed by atoms with Crippen LogP contribution >= 0.6 is 0 Å². The molecule has 1 aromatic carbocycles. The van der Waals surface area contributed by atoms with Crippen molar-refractivity contribution in [1.82, 2.24) is 0 Å². The van der Waals surface area contributed by atoms with Gasteiger partial charge in [-0.1, -0.05) is 0 Å². The van der Waals surface area contributed by atoms with Crippen LogP contribution in [0.25, 0.3) is 8.92 Å². The third-order valence-corrected chi connectivity index (χ3v) is 5.85. The maximum absolute atomic E-state index is 2.37. The van der Waals surface area contributed by atoms with E-state index in [4.69, 9.17) is 0 Å². The second-order valence-corrected chi connectivity index (χ2v) is 7.11. The first kappa shape index (κ1) is 9.24. The summed E-state index contributed by atoms with van der Waals surface area (Å²) in [5.74, 6) is 0. The third kappa shape index (κ3) is 1.43. The Morgan fingerprint density at radius 3 is 2.38 bits per heavy atom. The number of fused-ring (bicyclic) bond motifs is 1. The van der Waals surface area contributed by atoms with Gasteiger partial charge in [-0.2, -0.15) is 0 Å². The number of aryl methyl sites for hydroxylation is 4. The summed E-state index contributed by atoms with van der Waals surface area (Å²) in [6.07, 6.45) is 0. The van der Waals surface area contributed by atoms with Crippen molar-refractivity contribution in [2.45, 2.75) is 20.8 Å². The van der Waals surface area contributed by atoms with Crippen molar-refractivity contribution < 1.29 is 4.57 Å². The number of benzene rings is 1. The van der Waals surface area contributed by atoms with Crippen molar-refractivity contribution in [1.29, 1.82) is 0 Å². The quantitative estimate of drug-likeness (QED) is 0.512. The first-order valence-corrected chi connectivity index (χ1v) is 6.79. The van der Waals surface area contributed by atoms with Crippen molar-refractivity contribution in [3.8, 4) is 0 Å². The van der Waals surface area contributed by atoms with Gasteiger partial charge in [-0.3, -0.25) is 0 Å². The van der Waals surface area contributed by atoms with Crippen LogP contribution in [0.4, 0.5) is 0 Å². The fourth-order valence-electron chi connectivity index (χ4n) is 1.52. The molecular formula is C11H14NTe+. The van der Waals surface area contributed by atoms with Crippen LogP contribution in [0.2, 0.25) is 0 Å². The zero-order chi connectivity index (χ0) is 9.59. The molecule has 0 atom stereocenters. The van der Waals surface area contributed by atoms with Gasteiger partial charge in [0, 0.05) is 0 Å². The summed E-state index contributed by atoms with van der Waals surface area (Å²) in [4.78, 5) is 0. The van der Waals surface area contributed by atoms with Gasteiger partial charge in [-0.15, -0.1) is 0 Å². The molecule has 0 saturated carbocycles. The van der Waals surface area contributed by atoms with Crippen LogP contribution in [0.3, 0.4) is 0 Å². The van der Waals surface area contributed by atoms with Crippen LogP contribution in [0.15, 0.2) is 12.1 Å². The zero-order valence-electron chi connectivity index (χ0n) is 8.51. The van der Waals surface area contributed by atoms with Gasteiger partial charge in [-0.25, -0.2) is 0 Å². The number of hydrogen-bond acceptors (Lipinski definition) is 0. The molecule has 2 aromatic rings. The Morgan fingerprint density at radius 2 is 1.69 bits per heavy atom. The summed E-state index contributed by atoms with van der Waals surface area (Å²) < 4.78 is 5.53. The average molecular weight is 288 g/mol. The summed E-state index contributed by atoms with van der Waals surface area (Å²) in [5.41, 5.74) is 4.29. The van der Waals surface area contributed by atoms with Gasteiger partial charge in [0.25, 0.3) is 0 Å². The standard InChI is InChI=1S/C11H14NTe/c1-7-5-10-11(6-8(7)2)13-9(3)12(10)4/h5-6H,1-4H3/q+1. The minimum absolute atomic E-state index is 0.0466. The van der Waals surface area contributed by atoms with Crippen molar-refractivity contribution in [3.63, 3.8) is 0 Å². The number of nitrogens with zero attached hydrogens (tertiary/aromatic N) is 1. The van der Waals surface area contributed by atoms with E-state index in [-0.39, 0.29) is 20.4 Å². The Morgan fingerprint density at radius 1 is 1.08 bits per heavy atom. The monoisotopic (exact) mass is 290 g/mol. The van der Waals surface area contributed by atoms with Crippen molar-refractivity contribution >= 4 is 29.3 Å². The van der Waals surface area contributed by atoms with Crippen LogP contribution < -0.4 is 4.57 Å². The van der Waals surface area contributed by atoms with Gasteiger partial charge in [0.15, 0.2) is 0 Å². The Bertz CT molecular complexity index is 468. The van der Waals surface area contributed by atoms with Gasteiger partial charge >= 0.3 is 88.7 Å². The van der Waals surface area contributed by atoms with E-state index >= 15 is 0 Å². The van der Waals surface area contributed by atoms with Gasteiger partial charge in [0.2, 0.25) is 0 Å². The molecule has 0 aliphatic rings. The molecule has 0 amide bonds. The van der Waals surface area contributed by atoms with Crippen molar-refractivity contribution in [2.24, 2.45) is 7.05 Å². The number of aromatic nitrogens is 1. The zero-order valence-corrected chi connectivity index (χ0v) is 10.8. The number of hydrogen-bond donors (Lipinski definition) is 0. The SMILES string of the molecule is Cc1cc2[te]c(C)[n+](C)c2cc1C. The van der Waals surface area contributed by atoms with Crippen LogP contribution in [0, 0.1) is 20.8 Å². The number of rotatable bonds is 0. The molecule has 0 spiro atoms. The van der Waals surface area contributed by atoms with E-state index in [1.165, 1.54) is 16.6 Å². The molecule has 0 aliphatic carbocycles. The molecule has 1 heterocycles. The van der Waals surface area contributed by atoms with Crippen molar-refractivity contribution in [2.75, 3.05) is 0 Å². The normalized spacial score (nSPS) is 11.1. The van der Waals surface area contributed by atoms with Gasteiger partial charge in [0.05, 0.1) is 0 Å². The predicted molar refractivity (Wildman–Crippen MR) is 56.3 cm³/mol. The molecule has 13 heavy (non-hydrogen) atoms. The van der Waals surface area contributed by atoms with E-state index in [2.05, 4.69) is 44.5 Å². The molecule has 68 valence electrons. The van der Waals surface area contributed by atoms with Crippen LogP contribution in [0.1, 0.15) is 14.8 Å². The Labute approximate surface area is 88.6 Å². The van der Waals surface area contributed by atoms with E-state index < -0.39 is 0 Å². The fourth-order valence-corrected chi connectivity index (χ4v) is 4.63. The van der Waals surface area contributed by atoms with E-state index in [0.29, 0.717) is 0 Å². The summed E-state index contributed by atoms with van der Waals surface area (Å²) >= 11 is -0.0466. The molecule has 0 saturated heterocycles. The predicted octanol–water partition coefficient (Wildman–Crippen LogP) is 1.65.